The number of hydrogen-bond acceptors (Lipinski definition) is 4. The summed E-state index contributed by atoms with van der Waals surface area (Å²) in [6.45, 7) is 6.92. The fourth-order valence-corrected chi connectivity index (χ4v) is 3.41. The first-order valence-electron chi connectivity index (χ1n) is 9.15. The van der Waals surface area contributed by atoms with Crippen LogP contribution in [0, 0.1) is 13.8 Å². The maximum atomic E-state index is 12.3. The summed E-state index contributed by atoms with van der Waals surface area (Å²) in [6.07, 6.45) is 4.04. The Hall–Kier alpha value is -2.53. The standard InChI is InChI=1S/C22H24N2O2S/c1-4-5-12-26-18-10-8-17(9-11-18)14-20-21(25)24-22(27-20)23-19-13-15(2)6-7-16(19)3/h6-11,13-14H,4-5,12H2,1-3H3,(H,23,24,25)/b20-14-. The first-order valence-corrected chi connectivity index (χ1v) is 9.96. The van der Waals surface area contributed by atoms with E-state index in [-0.39, 0.29) is 5.91 Å². The number of aliphatic imine (C=N–C) groups is 1. The Morgan fingerprint density at radius 2 is 1.93 bits per heavy atom. The number of nitrogens with zero attached hydrogens (tertiary/aromatic N) is 1. The maximum absolute atomic E-state index is 12.3. The Labute approximate surface area is 164 Å². The van der Waals surface area contributed by atoms with Gasteiger partial charge in [-0.25, -0.2) is 4.99 Å². The van der Waals surface area contributed by atoms with Crippen molar-refractivity contribution in [3.05, 3.63) is 64.1 Å². The van der Waals surface area contributed by atoms with E-state index >= 15 is 0 Å². The SMILES string of the molecule is CCCCOc1ccc(/C=C2\SC(=Nc3cc(C)ccc3C)NC2=O)cc1. The number of thioether (sulfide) groups is 1. The van der Waals surface area contributed by atoms with Gasteiger partial charge in [-0.3, -0.25) is 4.79 Å². The van der Waals surface area contributed by atoms with Gasteiger partial charge in [0.05, 0.1) is 17.2 Å². The van der Waals surface area contributed by atoms with E-state index in [1.54, 1.807) is 0 Å². The number of amides is 1. The molecule has 2 aromatic rings. The lowest BCUT2D eigenvalue weighted by atomic mass is 10.1. The van der Waals surface area contributed by atoms with Crippen LogP contribution in [0.3, 0.4) is 0 Å². The van der Waals surface area contributed by atoms with E-state index in [0.717, 1.165) is 47.6 Å². The molecule has 0 radical (unpaired) electrons. The van der Waals surface area contributed by atoms with Crippen LogP contribution >= 0.6 is 11.8 Å². The van der Waals surface area contributed by atoms with Crippen molar-refractivity contribution < 1.29 is 9.53 Å². The van der Waals surface area contributed by atoms with Crippen LogP contribution in [0.15, 0.2) is 52.4 Å². The van der Waals surface area contributed by atoms with Crippen LogP contribution in [0.2, 0.25) is 0 Å². The fourth-order valence-electron chi connectivity index (χ4n) is 2.58. The van der Waals surface area contributed by atoms with E-state index < -0.39 is 0 Å². The molecule has 5 heteroatoms. The molecule has 0 spiro atoms. The van der Waals surface area contributed by atoms with Crippen molar-refractivity contribution in [3.63, 3.8) is 0 Å². The van der Waals surface area contributed by atoms with Gasteiger partial charge in [-0.1, -0.05) is 37.6 Å². The molecule has 3 rings (SSSR count). The molecule has 0 aliphatic carbocycles. The van der Waals surface area contributed by atoms with Crippen molar-refractivity contribution in [1.29, 1.82) is 0 Å². The number of rotatable bonds is 6. The van der Waals surface area contributed by atoms with Gasteiger partial charge in [0.2, 0.25) is 0 Å². The highest BCUT2D eigenvalue weighted by Crippen LogP contribution is 2.29. The number of aryl methyl sites for hydroxylation is 2. The van der Waals surface area contributed by atoms with Crippen molar-refractivity contribution in [2.45, 2.75) is 33.6 Å². The topological polar surface area (TPSA) is 50.7 Å². The molecule has 4 nitrogen and oxygen atoms in total. The summed E-state index contributed by atoms with van der Waals surface area (Å²) >= 11 is 1.36. The molecular weight excluding hydrogens is 356 g/mol. The molecule has 1 heterocycles. The van der Waals surface area contributed by atoms with Gasteiger partial charge < -0.3 is 10.1 Å². The van der Waals surface area contributed by atoms with E-state index in [1.807, 2.05) is 56.3 Å². The van der Waals surface area contributed by atoms with E-state index in [1.165, 1.54) is 11.8 Å². The lowest BCUT2D eigenvalue weighted by molar-refractivity contribution is -0.115. The summed E-state index contributed by atoms with van der Waals surface area (Å²) in [5.41, 5.74) is 4.07. The zero-order chi connectivity index (χ0) is 19.2. The third kappa shape index (κ3) is 5.23. The zero-order valence-corrected chi connectivity index (χ0v) is 16.7. The molecule has 0 bridgehead atoms. The number of ether oxygens (including phenoxy) is 1. The number of carbonyl (C=O) groups is 1. The predicted molar refractivity (Wildman–Crippen MR) is 114 cm³/mol. The maximum Gasteiger partial charge on any atom is 0.264 e. The van der Waals surface area contributed by atoms with E-state index in [0.29, 0.717) is 10.1 Å². The molecule has 0 atom stereocenters. The average molecular weight is 381 g/mol. The Kier molecular flexibility index (Phi) is 6.35. The highest BCUT2D eigenvalue weighted by atomic mass is 32.2. The summed E-state index contributed by atoms with van der Waals surface area (Å²) in [4.78, 5) is 17.5. The quantitative estimate of drug-likeness (QED) is 0.541. The summed E-state index contributed by atoms with van der Waals surface area (Å²) < 4.78 is 5.67. The largest absolute Gasteiger partial charge is 0.494 e. The van der Waals surface area contributed by atoms with Crippen LogP contribution in [-0.4, -0.2) is 17.7 Å². The number of carbonyl (C=O) groups excluding carboxylic acids is 1. The summed E-state index contributed by atoms with van der Waals surface area (Å²) in [7, 11) is 0. The molecule has 0 unspecified atom stereocenters. The van der Waals surface area contributed by atoms with Crippen molar-refractivity contribution in [2.24, 2.45) is 4.99 Å². The Bertz CT molecular complexity index is 886. The van der Waals surface area contributed by atoms with Crippen molar-refractivity contribution >= 4 is 34.6 Å². The minimum atomic E-state index is -0.118. The molecule has 1 amide bonds. The number of amidine groups is 1. The molecule has 1 N–H and O–H groups in total. The van der Waals surface area contributed by atoms with E-state index in [2.05, 4.69) is 23.3 Å². The third-order valence-electron chi connectivity index (χ3n) is 4.18. The van der Waals surface area contributed by atoms with Gasteiger partial charge in [-0.05, 0) is 73.0 Å². The summed E-state index contributed by atoms with van der Waals surface area (Å²) in [5, 5.41) is 3.46. The minimum absolute atomic E-state index is 0.118. The smallest absolute Gasteiger partial charge is 0.264 e. The van der Waals surface area contributed by atoms with Gasteiger partial charge in [0.25, 0.3) is 5.91 Å². The van der Waals surface area contributed by atoms with Crippen molar-refractivity contribution in [1.82, 2.24) is 5.32 Å². The Balaban J connectivity index is 1.71. The second-order valence-corrected chi connectivity index (χ2v) is 7.57. The fraction of sp³-hybridized carbons (Fsp3) is 0.273. The number of nitrogens with one attached hydrogen (secondary N) is 1. The molecule has 2 aromatic carbocycles. The molecule has 140 valence electrons. The molecule has 27 heavy (non-hydrogen) atoms. The summed E-state index contributed by atoms with van der Waals surface area (Å²) in [6, 6.07) is 13.9. The summed E-state index contributed by atoms with van der Waals surface area (Å²) in [5.74, 6) is 0.735. The van der Waals surface area contributed by atoms with Gasteiger partial charge in [-0.2, -0.15) is 0 Å². The Morgan fingerprint density at radius 1 is 1.15 bits per heavy atom. The number of hydrogen-bond donors (Lipinski definition) is 1. The molecule has 1 saturated heterocycles. The van der Waals surface area contributed by atoms with Gasteiger partial charge in [0.15, 0.2) is 5.17 Å². The molecule has 1 aliphatic heterocycles. The van der Waals surface area contributed by atoms with Crippen LogP contribution < -0.4 is 10.1 Å². The number of unbranched alkanes of at least 4 members (excludes halogenated alkanes) is 1. The van der Waals surface area contributed by atoms with Crippen LogP contribution in [0.5, 0.6) is 5.75 Å². The predicted octanol–water partition coefficient (Wildman–Crippen LogP) is 5.37. The lowest BCUT2D eigenvalue weighted by Crippen LogP contribution is -2.19. The molecule has 1 fully saturated rings. The van der Waals surface area contributed by atoms with E-state index in [4.69, 9.17) is 4.74 Å². The highest BCUT2D eigenvalue weighted by Gasteiger charge is 2.23. The second kappa shape index (κ2) is 8.91. The van der Waals surface area contributed by atoms with Crippen molar-refractivity contribution in [3.8, 4) is 5.75 Å². The van der Waals surface area contributed by atoms with E-state index in [9.17, 15) is 4.79 Å². The van der Waals surface area contributed by atoms with Gasteiger partial charge in [0, 0.05) is 0 Å². The average Bonchev–Trinajstić information content (AvgIpc) is 2.99. The highest BCUT2D eigenvalue weighted by molar-refractivity contribution is 8.18. The van der Waals surface area contributed by atoms with Crippen LogP contribution in [-0.2, 0) is 4.79 Å². The first kappa shape index (κ1) is 19.2. The third-order valence-corrected chi connectivity index (χ3v) is 5.09. The normalized spacial score (nSPS) is 16.8. The Morgan fingerprint density at radius 3 is 2.67 bits per heavy atom. The molecule has 0 aromatic heterocycles. The van der Waals surface area contributed by atoms with Crippen LogP contribution in [0.25, 0.3) is 6.08 Å². The molecule has 0 saturated carbocycles. The first-order chi connectivity index (χ1) is 13.0. The monoisotopic (exact) mass is 380 g/mol. The van der Waals surface area contributed by atoms with Gasteiger partial charge >= 0.3 is 0 Å². The number of benzene rings is 2. The lowest BCUT2D eigenvalue weighted by Gasteiger charge is -2.05. The zero-order valence-electron chi connectivity index (χ0n) is 15.9. The molecule has 1 aliphatic rings. The van der Waals surface area contributed by atoms with Gasteiger partial charge in [0.1, 0.15) is 5.75 Å². The second-order valence-electron chi connectivity index (χ2n) is 6.54. The van der Waals surface area contributed by atoms with Crippen molar-refractivity contribution in [2.75, 3.05) is 6.61 Å². The van der Waals surface area contributed by atoms with Crippen LogP contribution in [0.4, 0.5) is 5.69 Å². The van der Waals surface area contributed by atoms with Crippen LogP contribution in [0.1, 0.15) is 36.5 Å². The molecular formula is C22H24N2O2S. The minimum Gasteiger partial charge on any atom is -0.494 e. The van der Waals surface area contributed by atoms with Gasteiger partial charge in [-0.15, -0.1) is 0 Å².